The molecule has 0 saturated carbocycles. The van der Waals surface area contributed by atoms with Gasteiger partial charge in [-0.3, -0.25) is 0 Å². The molecule has 0 spiro atoms. The third-order valence-corrected chi connectivity index (χ3v) is 18.3. The van der Waals surface area contributed by atoms with Gasteiger partial charge in [-0.2, -0.15) is 0 Å². The molecular formula is C74H66. The number of hydrogen-bond acceptors (Lipinski definition) is 0. The zero-order chi connectivity index (χ0) is 51.2. The summed E-state index contributed by atoms with van der Waals surface area (Å²) in [6, 6.07) is 66.9. The Morgan fingerprint density at radius 2 is 0.878 bits per heavy atom. The monoisotopic (exact) mass is 955 g/mol. The molecule has 0 aliphatic heterocycles. The second kappa shape index (κ2) is 16.5. The Bertz CT molecular complexity index is 4000. The molecule has 0 amide bonds. The van der Waals surface area contributed by atoms with Crippen LogP contribution in [0.5, 0.6) is 0 Å². The minimum atomic E-state index is -0.190. The molecule has 0 nitrogen and oxygen atoms in total. The first-order valence-electron chi connectivity index (χ1n) is 27.0. The Balaban J connectivity index is 0.000000606. The molecule has 4 aliphatic rings. The van der Waals surface area contributed by atoms with E-state index in [1.165, 1.54) is 161 Å². The minimum Gasteiger partial charge on any atom is -0.0620 e. The van der Waals surface area contributed by atoms with Crippen LogP contribution in [-0.2, 0) is 29.1 Å². The molecule has 0 unspecified atom stereocenters. The summed E-state index contributed by atoms with van der Waals surface area (Å²) in [7, 11) is 0. The van der Waals surface area contributed by atoms with E-state index in [-0.39, 0.29) is 16.2 Å². The van der Waals surface area contributed by atoms with Gasteiger partial charge in [0.15, 0.2) is 0 Å². The lowest BCUT2D eigenvalue weighted by Gasteiger charge is -2.32. The predicted octanol–water partition coefficient (Wildman–Crippen LogP) is 19.5. The van der Waals surface area contributed by atoms with Crippen LogP contribution >= 0.6 is 0 Å². The highest BCUT2D eigenvalue weighted by molar-refractivity contribution is 6.06. The van der Waals surface area contributed by atoms with Gasteiger partial charge in [0, 0.05) is 16.2 Å². The van der Waals surface area contributed by atoms with Crippen molar-refractivity contribution >= 4 is 10.8 Å². The highest BCUT2D eigenvalue weighted by Crippen LogP contribution is 2.64. The standard InChI is InChI=1S/C66H56.C8H10/c1-37-25-28-48-53(31-37)65(6,7)62-58(48)39(3)57(44-21-13-10-17-38(44)2)61-50-30-27-41(34-55(50)66(8,9)63(61)62)32-40-26-29-49-54(33-40)64(4,5)56-36-51(47-24-16-20-42-18-11-14-22-45(42)47)52-35-43-19-12-15-23-46(43)59(52)60(49)56;1-7-5-3-4-6-8(7)2/h10-31,33-34,36H,32,35H2,1-9H3;3-6H,1-2H3. The predicted molar refractivity (Wildman–Crippen MR) is 315 cm³/mol. The van der Waals surface area contributed by atoms with Gasteiger partial charge < -0.3 is 0 Å². The number of hydrogen-bond donors (Lipinski definition) is 0. The van der Waals surface area contributed by atoms with E-state index in [1.807, 2.05) is 0 Å². The van der Waals surface area contributed by atoms with E-state index in [2.05, 4.69) is 252 Å². The first kappa shape index (κ1) is 46.3. The number of rotatable bonds is 4. The van der Waals surface area contributed by atoms with Crippen molar-refractivity contribution in [3.05, 3.63) is 259 Å². The molecule has 74 heavy (non-hydrogen) atoms. The Morgan fingerprint density at radius 1 is 0.351 bits per heavy atom. The summed E-state index contributed by atoms with van der Waals surface area (Å²) in [4.78, 5) is 0. The molecule has 0 heteroatoms. The Morgan fingerprint density at radius 3 is 1.57 bits per heavy atom. The summed E-state index contributed by atoms with van der Waals surface area (Å²) in [6.07, 6.45) is 1.85. The van der Waals surface area contributed by atoms with E-state index in [9.17, 15) is 0 Å². The molecule has 4 aliphatic carbocycles. The van der Waals surface area contributed by atoms with Gasteiger partial charge in [-0.1, -0.05) is 217 Å². The SMILES string of the molecule is Cc1ccc2c(c1)C(C)(C)c1c-2c(C)c(-c2ccccc2C)c2c1C(C)(C)c1cc(Cc3ccc4c(c3)C(C)(C)c3cc(-c5cccc6ccccc56)c5c(c3-4)-c3ccccc3C5)ccc1-2.Cc1ccccc1C. The summed E-state index contributed by atoms with van der Waals surface area (Å²) < 4.78 is 0. The first-order valence-corrected chi connectivity index (χ1v) is 27.0. The van der Waals surface area contributed by atoms with Crippen LogP contribution in [0.4, 0.5) is 0 Å². The van der Waals surface area contributed by atoms with Crippen molar-refractivity contribution in [3.63, 3.8) is 0 Å². The van der Waals surface area contributed by atoms with E-state index in [4.69, 9.17) is 0 Å². The van der Waals surface area contributed by atoms with Crippen molar-refractivity contribution in [2.24, 2.45) is 0 Å². The number of fused-ring (bicyclic) bond motifs is 15. The average molecular weight is 955 g/mol. The highest BCUT2D eigenvalue weighted by Gasteiger charge is 2.48. The minimum absolute atomic E-state index is 0.120. The lowest BCUT2D eigenvalue weighted by atomic mass is 9.70. The van der Waals surface area contributed by atoms with Crippen LogP contribution in [0, 0.1) is 34.6 Å². The van der Waals surface area contributed by atoms with E-state index in [1.54, 1.807) is 0 Å². The smallest absolute Gasteiger partial charge is 0.0162 e. The third-order valence-electron chi connectivity index (χ3n) is 18.3. The van der Waals surface area contributed by atoms with Crippen LogP contribution in [-0.4, -0.2) is 0 Å². The third kappa shape index (κ3) is 6.66. The van der Waals surface area contributed by atoms with Crippen LogP contribution in [0.2, 0.25) is 0 Å². The molecule has 0 N–H and O–H groups in total. The molecule has 0 fully saturated rings. The Kier molecular flexibility index (Phi) is 10.3. The molecule has 0 atom stereocenters. The molecule has 0 bridgehead atoms. The fourth-order valence-corrected chi connectivity index (χ4v) is 14.3. The largest absolute Gasteiger partial charge is 0.0620 e. The molecular weight excluding hydrogens is 889 g/mol. The zero-order valence-corrected chi connectivity index (χ0v) is 45.2. The second-order valence-corrected chi connectivity index (χ2v) is 23.8. The summed E-state index contributed by atoms with van der Waals surface area (Å²) in [6.45, 7) is 26.0. The van der Waals surface area contributed by atoms with Crippen molar-refractivity contribution in [2.75, 3.05) is 0 Å². The van der Waals surface area contributed by atoms with Crippen molar-refractivity contribution < 1.29 is 0 Å². The van der Waals surface area contributed by atoms with Crippen LogP contribution in [0.15, 0.2) is 176 Å². The van der Waals surface area contributed by atoms with Gasteiger partial charge in [0.1, 0.15) is 0 Å². The quantitative estimate of drug-likeness (QED) is 0.165. The first-order chi connectivity index (χ1) is 35.5. The van der Waals surface area contributed by atoms with E-state index < -0.39 is 0 Å². The second-order valence-electron chi connectivity index (χ2n) is 23.8. The molecule has 0 aromatic heterocycles. The van der Waals surface area contributed by atoms with Crippen molar-refractivity contribution in [1.29, 1.82) is 0 Å². The van der Waals surface area contributed by atoms with Gasteiger partial charge >= 0.3 is 0 Å². The zero-order valence-electron chi connectivity index (χ0n) is 45.2. The lowest BCUT2D eigenvalue weighted by Crippen LogP contribution is -2.24. The summed E-state index contributed by atoms with van der Waals surface area (Å²) in [5.74, 6) is 0. The van der Waals surface area contributed by atoms with Crippen LogP contribution < -0.4 is 0 Å². The van der Waals surface area contributed by atoms with Crippen molar-refractivity contribution in [2.45, 2.75) is 105 Å². The van der Waals surface area contributed by atoms with Gasteiger partial charge in [-0.15, -0.1) is 0 Å². The lowest BCUT2D eigenvalue weighted by molar-refractivity contribution is 0.600. The van der Waals surface area contributed by atoms with Crippen LogP contribution in [0.1, 0.15) is 125 Å². The maximum Gasteiger partial charge on any atom is 0.0162 e. The van der Waals surface area contributed by atoms with Crippen molar-refractivity contribution in [1.82, 2.24) is 0 Å². The van der Waals surface area contributed by atoms with Gasteiger partial charge in [-0.05, 0) is 209 Å². The normalized spacial score (nSPS) is 15.0. The van der Waals surface area contributed by atoms with Gasteiger partial charge in [0.2, 0.25) is 0 Å². The fraction of sp³-hybridized carbons (Fsp3) is 0.216. The van der Waals surface area contributed by atoms with E-state index >= 15 is 0 Å². The van der Waals surface area contributed by atoms with Gasteiger partial charge in [0.05, 0.1) is 0 Å². The Hall–Kier alpha value is -7.54. The molecule has 0 radical (unpaired) electrons. The number of benzene rings is 10. The summed E-state index contributed by atoms with van der Waals surface area (Å²) >= 11 is 0. The van der Waals surface area contributed by atoms with Crippen molar-refractivity contribution in [3.8, 4) is 66.8 Å². The van der Waals surface area contributed by atoms with E-state index in [0.29, 0.717) is 0 Å². The maximum absolute atomic E-state index is 2.58. The molecule has 14 rings (SSSR count). The van der Waals surface area contributed by atoms with E-state index in [0.717, 1.165) is 12.8 Å². The topological polar surface area (TPSA) is 0 Å². The van der Waals surface area contributed by atoms with Gasteiger partial charge in [0.25, 0.3) is 0 Å². The summed E-state index contributed by atoms with van der Waals surface area (Å²) in [5, 5.41) is 2.62. The molecule has 10 aromatic rings. The average Bonchev–Trinajstić information content (AvgIpc) is 4.05. The molecule has 0 saturated heterocycles. The fourth-order valence-electron chi connectivity index (χ4n) is 14.3. The molecule has 0 heterocycles. The maximum atomic E-state index is 2.58. The molecule has 10 aromatic carbocycles. The van der Waals surface area contributed by atoms with Gasteiger partial charge in [-0.25, -0.2) is 0 Å². The number of aryl methyl sites for hydroxylation is 4. The molecule has 362 valence electrons. The van der Waals surface area contributed by atoms with Crippen LogP contribution in [0.3, 0.4) is 0 Å². The highest BCUT2D eigenvalue weighted by atomic mass is 14.5. The Labute approximate surface area is 439 Å². The summed E-state index contributed by atoms with van der Waals surface area (Å²) in [5.41, 5.74) is 37.6. The van der Waals surface area contributed by atoms with Crippen LogP contribution in [0.25, 0.3) is 77.5 Å².